The van der Waals surface area contributed by atoms with Crippen molar-refractivity contribution < 1.29 is 40.3 Å². The first-order valence-electron chi connectivity index (χ1n) is 1.10. The topological polar surface area (TPSA) is 89.5 Å². The fraction of sp³-hybridized carbons (Fsp3) is 0. The molecule has 0 bridgehead atoms. The van der Waals surface area contributed by atoms with Crippen LogP contribution in [0.2, 0.25) is 0 Å². The van der Waals surface area contributed by atoms with Crippen LogP contribution in [0.5, 0.6) is 0 Å². The molecule has 0 saturated carbocycles. The Balaban J connectivity index is 0. The van der Waals surface area contributed by atoms with Crippen molar-refractivity contribution in [3.63, 3.8) is 0 Å². The van der Waals surface area contributed by atoms with Gasteiger partial charge in [0.2, 0.25) is 0 Å². The monoisotopic (exact) mass is 198 g/mol. The normalized spacial score (nSPS) is 11.8. The van der Waals surface area contributed by atoms with E-state index in [-0.39, 0.29) is 17.1 Å². The van der Waals surface area contributed by atoms with Crippen LogP contribution >= 0.6 is 16.5 Å². The van der Waals surface area contributed by atoms with Gasteiger partial charge in [0.25, 0.3) is 0 Å². The molecule has 0 aromatic heterocycles. The van der Waals surface area contributed by atoms with Crippen LogP contribution in [0.25, 0.3) is 0 Å². The summed E-state index contributed by atoms with van der Waals surface area (Å²) >= 11 is 0. The smallest absolute Gasteiger partial charge is 0.563 e. The maximum Gasteiger partial charge on any atom is 2.00 e. The number of hydrogen-bond acceptors (Lipinski definition) is 5. The Hall–Kier alpha value is 0.599. The van der Waals surface area contributed by atoms with E-state index in [1.165, 1.54) is 0 Å². The summed E-state index contributed by atoms with van der Waals surface area (Å²) < 4.78 is 21.6. The Kier molecular flexibility index (Phi) is 8.17. The van der Waals surface area contributed by atoms with E-state index in [0.29, 0.717) is 0 Å². The second kappa shape index (κ2) is 5.73. The van der Waals surface area contributed by atoms with Crippen LogP contribution in [-0.4, -0.2) is 0 Å². The zero-order chi connectivity index (χ0) is 5.86. The molecule has 0 rings (SSSR count). The average Bonchev–Trinajstić information content (AvgIpc) is 1.27. The zero-order valence-corrected chi connectivity index (χ0v) is 6.18. The van der Waals surface area contributed by atoms with Gasteiger partial charge >= 0.3 is 33.6 Å². The summed E-state index contributed by atoms with van der Waals surface area (Å²) in [6, 6.07) is 0. The summed E-state index contributed by atoms with van der Waals surface area (Å²) in [5.41, 5.74) is 0. The average molecular weight is 198 g/mol. The third kappa shape index (κ3) is 9.78. The van der Waals surface area contributed by atoms with Crippen molar-refractivity contribution in [3.8, 4) is 0 Å². The van der Waals surface area contributed by atoms with Crippen LogP contribution in [0, 0.1) is 0 Å². The number of rotatable bonds is 2. The SMILES string of the molecule is O=[P+]([O-])O[P+](=O)[O-].[Fe+2]. The van der Waals surface area contributed by atoms with Gasteiger partial charge in [-0.15, -0.1) is 0 Å². The van der Waals surface area contributed by atoms with Crippen molar-refractivity contribution in [2.75, 3.05) is 0 Å². The van der Waals surface area contributed by atoms with Gasteiger partial charge in [-0.25, -0.2) is 0 Å². The van der Waals surface area contributed by atoms with Crippen molar-refractivity contribution >= 4 is 16.5 Å². The van der Waals surface area contributed by atoms with E-state index in [4.69, 9.17) is 0 Å². The maximum atomic E-state index is 9.24. The molecular formula is FeO5P2+2. The van der Waals surface area contributed by atoms with Gasteiger partial charge in [-0.2, -0.15) is 0 Å². The molecule has 0 aromatic rings. The standard InChI is InChI=1S/Fe.O5P2/c;1-6(2)5-7(3)4/q+2;. The molecule has 0 radical (unpaired) electrons. The van der Waals surface area contributed by atoms with Crippen LogP contribution < -0.4 is 9.79 Å². The Bertz CT molecular complexity index is 86.6. The molecule has 0 saturated heterocycles. The Labute approximate surface area is 57.4 Å². The second-order valence-electron chi connectivity index (χ2n) is 0.529. The molecule has 0 heterocycles. The van der Waals surface area contributed by atoms with Crippen LogP contribution in [-0.2, 0) is 30.5 Å². The minimum absolute atomic E-state index is 0. The quantitative estimate of drug-likeness (QED) is 0.420. The molecule has 8 heteroatoms. The molecular weight excluding hydrogens is 198 g/mol. The first-order chi connectivity index (χ1) is 3.13. The molecule has 5 nitrogen and oxygen atoms in total. The predicted octanol–water partition coefficient (Wildman–Crippen LogP) is -0.964. The van der Waals surface area contributed by atoms with Crippen LogP contribution in [0.15, 0.2) is 0 Å². The van der Waals surface area contributed by atoms with Gasteiger partial charge in [0.1, 0.15) is 4.31 Å². The minimum atomic E-state index is -3.24. The van der Waals surface area contributed by atoms with Crippen molar-refractivity contribution in [1.29, 1.82) is 0 Å². The van der Waals surface area contributed by atoms with E-state index in [9.17, 15) is 18.9 Å². The second-order valence-corrected chi connectivity index (χ2v) is 2.08. The molecule has 0 aliphatic rings. The van der Waals surface area contributed by atoms with E-state index in [0.717, 1.165) is 0 Å². The molecule has 46 valence electrons. The largest absolute Gasteiger partial charge is 2.00 e. The van der Waals surface area contributed by atoms with E-state index in [2.05, 4.69) is 4.31 Å². The summed E-state index contributed by atoms with van der Waals surface area (Å²) in [4.78, 5) is 18.5. The molecule has 2 unspecified atom stereocenters. The van der Waals surface area contributed by atoms with Gasteiger partial charge < -0.3 is 9.79 Å². The fourth-order valence-electron chi connectivity index (χ4n) is 0.0544. The van der Waals surface area contributed by atoms with E-state index in [1.807, 2.05) is 0 Å². The fourth-order valence-corrected chi connectivity index (χ4v) is 0.490. The molecule has 0 fully saturated rings. The van der Waals surface area contributed by atoms with Gasteiger partial charge in [0, 0.05) is 0 Å². The predicted molar refractivity (Wildman–Crippen MR) is 16.3 cm³/mol. The first-order valence-corrected chi connectivity index (χ1v) is 3.29. The Morgan fingerprint density at radius 1 is 1.12 bits per heavy atom. The first kappa shape index (κ1) is 11.4. The summed E-state index contributed by atoms with van der Waals surface area (Å²) in [5, 5.41) is 0. The van der Waals surface area contributed by atoms with Crippen LogP contribution in [0.3, 0.4) is 0 Å². The maximum absolute atomic E-state index is 9.24. The molecule has 0 amide bonds. The van der Waals surface area contributed by atoms with Gasteiger partial charge in [0.05, 0.1) is 0 Å². The third-order valence-corrected chi connectivity index (χ3v) is 1.20. The summed E-state index contributed by atoms with van der Waals surface area (Å²) in [6.45, 7) is 0. The summed E-state index contributed by atoms with van der Waals surface area (Å²) in [6.07, 6.45) is 0. The molecule has 8 heavy (non-hydrogen) atoms. The Morgan fingerprint density at radius 3 is 1.38 bits per heavy atom. The Morgan fingerprint density at radius 2 is 1.38 bits per heavy atom. The molecule has 0 spiro atoms. The molecule has 2 atom stereocenters. The number of hydrogen-bond donors (Lipinski definition) is 0. The van der Waals surface area contributed by atoms with Crippen LogP contribution in [0.4, 0.5) is 0 Å². The zero-order valence-electron chi connectivity index (χ0n) is 3.29. The molecule has 0 aliphatic heterocycles. The van der Waals surface area contributed by atoms with E-state index in [1.54, 1.807) is 0 Å². The minimum Gasteiger partial charge on any atom is -0.563 e. The van der Waals surface area contributed by atoms with E-state index < -0.39 is 16.5 Å². The van der Waals surface area contributed by atoms with Gasteiger partial charge in [-0.3, -0.25) is 0 Å². The van der Waals surface area contributed by atoms with Crippen LogP contribution in [0.1, 0.15) is 0 Å². The van der Waals surface area contributed by atoms with Gasteiger partial charge in [0.15, 0.2) is 0 Å². The van der Waals surface area contributed by atoms with Crippen molar-refractivity contribution in [2.45, 2.75) is 0 Å². The molecule has 0 aliphatic carbocycles. The summed E-state index contributed by atoms with van der Waals surface area (Å²) in [5.74, 6) is 0. The molecule has 0 aromatic carbocycles. The third-order valence-electron chi connectivity index (χ3n) is 0.133. The van der Waals surface area contributed by atoms with Crippen molar-refractivity contribution in [3.05, 3.63) is 0 Å². The van der Waals surface area contributed by atoms with Crippen molar-refractivity contribution in [2.24, 2.45) is 0 Å². The van der Waals surface area contributed by atoms with Crippen molar-refractivity contribution in [1.82, 2.24) is 0 Å². The van der Waals surface area contributed by atoms with Gasteiger partial charge in [-0.05, 0) is 9.13 Å². The molecule has 0 N–H and O–H groups in total. The summed E-state index contributed by atoms with van der Waals surface area (Å²) in [7, 11) is -6.47. The van der Waals surface area contributed by atoms with Gasteiger partial charge in [-0.1, -0.05) is 0 Å². The van der Waals surface area contributed by atoms with E-state index >= 15 is 0 Å².